The number of benzene rings is 1. The smallest absolute Gasteiger partial charge is 0.221 e. The second-order valence-corrected chi connectivity index (χ2v) is 6.67. The van der Waals surface area contributed by atoms with Crippen LogP contribution >= 0.6 is 11.8 Å². The summed E-state index contributed by atoms with van der Waals surface area (Å²) in [5.41, 5.74) is 1.21. The van der Waals surface area contributed by atoms with Crippen LogP contribution in [0.1, 0.15) is 18.9 Å². The summed E-state index contributed by atoms with van der Waals surface area (Å²) in [4.78, 5) is 12.0. The van der Waals surface area contributed by atoms with Gasteiger partial charge in [-0.15, -0.1) is 0 Å². The van der Waals surface area contributed by atoms with Crippen LogP contribution in [0.3, 0.4) is 0 Å². The highest BCUT2D eigenvalue weighted by Crippen LogP contribution is 2.12. The summed E-state index contributed by atoms with van der Waals surface area (Å²) >= 11 is 1.91. The molecular formula is C16H24N2O2S. The SMILES string of the molecule is Cc1ccc(OCC(C)NC(=O)CC2CSCCN2)cc1. The largest absolute Gasteiger partial charge is 0.491 e. The lowest BCUT2D eigenvalue weighted by Gasteiger charge is -2.23. The molecule has 0 radical (unpaired) electrons. The molecule has 4 nitrogen and oxygen atoms in total. The van der Waals surface area contributed by atoms with E-state index in [1.165, 1.54) is 5.56 Å². The van der Waals surface area contributed by atoms with Gasteiger partial charge in [-0.05, 0) is 26.0 Å². The summed E-state index contributed by atoms with van der Waals surface area (Å²) in [5.74, 6) is 3.09. The lowest BCUT2D eigenvalue weighted by Crippen LogP contribution is -2.44. The monoisotopic (exact) mass is 308 g/mol. The number of hydrogen-bond donors (Lipinski definition) is 2. The van der Waals surface area contributed by atoms with Gasteiger partial charge in [0.1, 0.15) is 12.4 Å². The Morgan fingerprint density at radius 1 is 1.48 bits per heavy atom. The number of carbonyl (C=O) groups excluding carboxylic acids is 1. The van der Waals surface area contributed by atoms with Crippen molar-refractivity contribution in [3.8, 4) is 5.75 Å². The number of hydrogen-bond acceptors (Lipinski definition) is 4. The van der Waals surface area contributed by atoms with Gasteiger partial charge >= 0.3 is 0 Å². The molecule has 0 bridgehead atoms. The second-order valence-electron chi connectivity index (χ2n) is 5.52. The summed E-state index contributed by atoms with van der Waals surface area (Å²) in [7, 11) is 0. The van der Waals surface area contributed by atoms with Gasteiger partial charge in [0.05, 0.1) is 6.04 Å². The molecule has 1 fully saturated rings. The quantitative estimate of drug-likeness (QED) is 0.844. The molecule has 5 heteroatoms. The van der Waals surface area contributed by atoms with Crippen LogP contribution in [-0.4, -0.2) is 42.6 Å². The number of thioether (sulfide) groups is 1. The van der Waals surface area contributed by atoms with Crippen LogP contribution in [0.4, 0.5) is 0 Å². The van der Waals surface area contributed by atoms with E-state index in [0.717, 1.165) is 23.8 Å². The molecule has 1 aliphatic rings. The van der Waals surface area contributed by atoms with Gasteiger partial charge in [0.2, 0.25) is 5.91 Å². The number of rotatable bonds is 6. The van der Waals surface area contributed by atoms with Gasteiger partial charge in [0.25, 0.3) is 0 Å². The van der Waals surface area contributed by atoms with E-state index in [2.05, 4.69) is 10.6 Å². The molecule has 0 spiro atoms. The Morgan fingerprint density at radius 3 is 2.90 bits per heavy atom. The highest BCUT2D eigenvalue weighted by atomic mass is 32.2. The minimum Gasteiger partial charge on any atom is -0.491 e. The molecule has 0 saturated carbocycles. The third-order valence-electron chi connectivity index (χ3n) is 3.36. The van der Waals surface area contributed by atoms with Gasteiger partial charge in [-0.3, -0.25) is 4.79 Å². The van der Waals surface area contributed by atoms with Crippen molar-refractivity contribution in [1.29, 1.82) is 0 Å². The van der Waals surface area contributed by atoms with Crippen LogP contribution in [0, 0.1) is 6.92 Å². The fraction of sp³-hybridized carbons (Fsp3) is 0.562. The van der Waals surface area contributed by atoms with E-state index in [0.29, 0.717) is 19.1 Å². The fourth-order valence-electron chi connectivity index (χ4n) is 2.21. The van der Waals surface area contributed by atoms with E-state index >= 15 is 0 Å². The van der Waals surface area contributed by atoms with Crippen molar-refractivity contribution < 1.29 is 9.53 Å². The zero-order chi connectivity index (χ0) is 15.1. The molecule has 1 saturated heterocycles. The predicted octanol–water partition coefficient (Wildman–Crippen LogP) is 1.97. The molecular weight excluding hydrogens is 284 g/mol. The molecule has 1 aromatic carbocycles. The lowest BCUT2D eigenvalue weighted by molar-refractivity contribution is -0.122. The van der Waals surface area contributed by atoms with Crippen molar-refractivity contribution in [3.63, 3.8) is 0 Å². The maximum atomic E-state index is 12.0. The molecule has 2 N–H and O–H groups in total. The minimum absolute atomic E-state index is 0.00930. The van der Waals surface area contributed by atoms with E-state index in [4.69, 9.17) is 4.74 Å². The minimum atomic E-state index is 0.00930. The molecule has 1 heterocycles. The molecule has 0 aromatic heterocycles. The summed E-state index contributed by atoms with van der Waals surface area (Å²) in [6.07, 6.45) is 0.544. The molecule has 0 aliphatic carbocycles. The highest BCUT2D eigenvalue weighted by Gasteiger charge is 2.17. The van der Waals surface area contributed by atoms with Crippen LogP contribution in [0.25, 0.3) is 0 Å². The summed E-state index contributed by atoms with van der Waals surface area (Å²) in [6.45, 7) is 5.50. The van der Waals surface area contributed by atoms with Crippen LogP contribution in [0.2, 0.25) is 0 Å². The van der Waals surface area contributed by atoms with Gasteiger partial charge in [-0.25, -0.2) is 0 Å². The van der Waals surface area contributed by atoms with Crippen molar-refractivity contribution in [2.45, 2.75) is 32.4 Å². The van der Waals surface area contributed by atoms with Crippen LogP contribution in [0.5, 0.6) is 5.75 Å². The van der Waals surface area contributed by atoms with Gasteiger partial charge in [0, 0.05) is 30.5 Å². The van der Waals surface area contributed by atoms with E-state index in [1.807, 2.05) is 49.9 Å². The summed E-state index contributed by atoms with van der Waals surface area (Å²) in [6, 6.07) is 8.25. The van der Waals surface area contributed by atoms with Crippen LogP contribution in [0.15, 0.2) is 24.3 Å². The summed E-state index contributed by atoms with van der Waals surface area (Å²) < 4.78 is 5.68. The maximum absolute atomic E-state index is 12.0. The molecule has 1 aliphatic heterocycles. The van der Waals surface area contributed by atoms with Gasteiger partial charge in [-0.1, -0.05) is 17.7 Å². The first-order valence-electron chi connectivity index (χ1n) is 7.43. The Morgan fingerprint density at radius 2 is 2.24 bits per heavy atom. The van der Waals surface area contributed by atoms with Crippen molar-refractivity contribution in [3.05, 3.63) is 29.8 Å². The molecule has 1 amide bonds. The Balaban J connectivity index is 1.67. The molecule has 116 valence electrons. The van der Waals surface area contributed by atoms with E-state index in [-0.39, 0.29) is 11.9 Å². The van der Waals surface area contributed by atoms with E-state index in [9.17, 15) is 4.79 Å². The zero-order valence-electron chi connectivity index (χ0n) is 12.7. The Labute approximate surface area is 131 Å². The van der Waals surface area contributed by atoms with E-state index < -0.39 is 0 Å². The normalized spacial score (nSPS) is 19.8. The molecule has 2 rings (SSSR count). The molecule has 1 aromatic rings. The van der Waals surface area contributed by atoms with Crippen LogP contribution in [-0.2, 0) is 4.79 Å². The van der Waals surface area contributed by atoms with Gasteiger partial charge in [-0.2, -0.15) is 11.8 Å². The van der Waals surface area contributed by atoms with Gasteiger partial charge in [0.15, 0.2) is 0 Å². The first-order chi connectivity index (χ1) is 10.1. The fourth-order valence-corrected chi connectivity index (χ4v) is 3.15. The number of nitrogens with one attached hydrogen (secondary N) is 2. The average Bonchev–Trinajstić information content (AvgIpc) is 2.47. The number of amides is 1. The average molecular weight is 308 g/mol. The maximum Gasteiger partial charge on any atom is 0.221 e. The van der Waals surface area contributed by atoms with Crippen LogP contribution < -0.4 is 15.4 Å². The first-order valence-corrected chi connectivity index (χ1v) is 8.59. The number of ether oxygens (including phenoxy) is 1. The topological polar surface area (TPSA) is 50.4 Å². The Kier molecular flexibility index (Phi) is 6.39. The number of carbonyl (C=O) groups is 1. The predicted molar refractivity (Wildman–Crippen MR) is 88.0 cm³/mol. The van der Waals surface area contributed by atoms with E-state index in [1.54, 1.807) is 0 Å². The lowest BCUT2D eigenvalue weighted by atomic mass is 10.2. The Hall–Kier alpha value is -1.20. The molecule has 2 unspecified atom stereocenters. The Bertz CT molecular complexity index is 444. The highest BCUT2D eigenvalue weighted by molar-refractivity contribution is 7.99. The number of aryl methyl sites for hydroxylation is 1. The first kappa shape index (κ1) is 16.2. The third kappa shape index (κ3) is 5.98. The molecule has 2 atom stereocenters. The molecule has 21 heavy (non-hydrogen) atoms. The van der Waals surface area contributed by atoms with Crippen molar-refractivity contribution in [2.24, 2.45) is 0 Å². The van der Waals surface area contributed by atoms with Crippen molar-refractivity contribution in [2.75, 3.05) is 24.7 Å². The van der Waals surface area contributed by atoms with Gasteiger partial charge < -0.3 is 15.4 Å². The summed E-state index contributed by atoms with van der Waals surface area (Å²) in [5, 5.41) is 6.37. The van der Waals surface area contributed by atoms with Crippen molar-refractivity contribution >= 4 is 17.7 Å². The third-order valence-corrected chi connectivity index (χ3v) is 4.49. The zero-order valence-corrected chi connectivity index (χ0v) is 13.5. The standard InChI is InChI=1S/C16H24N2O2S/c1-12-3-5-15(6-4-12)20-10-13(2)18-16(19)9-14-11-21-8-7-17-14/h3-6,13-14,17H,7-11H2,1-2H3,(H,18,19). The van der Waals surface area contributed by atoms with Crippen molar-refractivity contribution in [1.82, 2.24) is 10.6 Å². The second kappa shape index (κ2) is 8.29.